The summed E-state index contributed by atoms with van der Waals surface area (Å²) in [5, 5.41) is 1.05. The van der Waals surface area contributed by atoms with Crippen LogP contribution in [-0.2, 0) is 0 Å². The van der Waals surface area contributed by atoms with Crippen molar-refractivity contribution >= 4 is 10.9 Å². The van der Waals surface area contributed by atoms with E-state index in [2.05, 4.69) is 4.98 Å². The molecule has 0 saturated carbocycles. The van der Waals surface area contributed by atoms with Gasteiger partial charge >= 0.3 is 0 Å². The van der Waals surface area contributed by atoms with Crippen molar-refractivity contribution in [3.8, 4) is 0 Å². The minimum absolute atomic E-state index is 0.281. The van der Waals surface area contributed by atoms with Gasteiger partial charge in [-0.1, -0.05) is 36.4 Å². The third kappa shape index (κ3) is 2.20. The molecule has 0 fully saturated rings. The standard InChI is InChI=1S/C16H13FN2/c17-14-6-2-1-5-13(14)16(18)12-8-7-11-4-3-9-19-15(11)10-12/h1-10,16H,18H2. The van der Waals surface area contributed by atoms with E-state index in [-0.39, 0.29) is 5.82 Å². The van der Waals surface area contributed by atoms with Crippen LogP contribution in [0.2, 0.25) is 0 Å². The molecule has 0 aliphatic rings. The van der Waals surface area contributed by atoms with Crippen molar-refractivity contribution in [2.75, 3.05) is 0 Å². The van der Waals surface area contributed by atoms with Crippen molar-refractivity contribution in [2.45, 2.75) is 6.04 Å². The Kier molecular flexibility index (Phi) is 2.97. The molecule has 2 N–H and O–H groups in total. The molecule has 0 spiro atoms. The molecule has 0 aliphatic carbocycles. The van der Waals surface area contributed by atoms with E-state index < -0.39 is 6.04 Å². The smallest absolute Gasteiger partial charge is 0.128 e. The van der Waals surface area contributed by atoms with E-state index >= 15 is 0 Å². The van der Waals surface area contributed by atoms with Crippen molar-refractivity contribution in [3.63, 3.8) is 0 Å². The Balaban J connectivity index is 2.07. The molecule has 19 heavy (non-hydrogen) atoms. The van der Waals surface area contributed by atoms with Crippen LogP contribution in [0, 0.1) is 5.82 Å². The summed E-state index contributed by atoms with van der Waals surface area (Å²) < 4.78 is 13.7. The average Bonchev–Trinajstić information content (AvgIpc) is 2.46. The zero-order valence-corrected chi connectivity index (χ0v) is 10.3. The lowest BCUT2D eigenvalue weighted by atomic mass is 9.98. The van der Waals surface area contributed by atoms with E-state index in [0.717, 1.165) is 16.5 Å². The van der Waals surface area contributed by atoms with Crippen LogP contribution < -0.4 is 5.73 Å². The number of benzene rings is 2. The van der Waals surface area contributed by atoms with E-state index in [1.54, 1.807) is 24.4 Å². The number of hydrogen-bond acceptors (Lipinski definition) is 2. The molecule has 2 nitrogen and oxygen atoms in total. The fourth-order valence-electron chi connectivity index (χ4n) is 2.18. The van der Waals surface area contributed by atoms with E-state index in [1.165, 1.54) is 6.07 Å². The summed E-state index contributed by atoms with van der Waals surface area (Å²) in [4.78, 5) is 4.29. The fraction of sp³-hybridized carbons (Fsp3) is 0.0625. The Labute approximate surface area is 110 Å². The van der Waals surface area contributed by atoms with Crippen LogP contribution in [0.1, 0.15) is 17.2 Å². The highest BCUT2D eigenvalue weighted by Gasteiger charge is 2.13. The number of nitrogens with zero attached hydrogens (tertiary/aromatic N) is 1. The van der Waals surface area contributed by atoms with Crippen molar-refractivity contribution in [2.24, 2.45) is 5.73 Å². The first-order chi connectivity index (χ1) is 9.25. The number of aromatic nitrogens is 1. The molecule has 0 aliphatic heterocycles. The zero-order valence-electron chi connectivity index (χ0n) is 10.3. The Bertz CT molecular complexity index is 725. The monoisotopic (exact) mass is 252 g/mol. The van der Waals surface area contributed by atoms with Crippen LogP contribution in [0.3, 0.4) is 0 Å². The number of pyridine rings is 1. The minimum Gasteiger partial charge on any atom is -0.320 e. The first-order valence-corrected chi connectivity index (χ1v) is 6.10. The Morgan fingerprint density at radius 3 is 2.68 bits per heavy atom. The van der Waals surface area contributed by atoms with Gasteiger partial charge in [0.25, 0.3) is 0 Å². The second kappa shape index (κ2) is 4.78. The Hall–Kier alpha value is -2.26. The van der Waals surface area contributed by atoms with Gasteiger partial charge in [0.2, 0.25) is 0 Å². The highest BCUT2D eigenvalue weighted by molar-refractivity contribution is 5.79. The number of fused-ring (bicyclic) bond motifs is 1. The molecule has 94 valence electrons. The molecule has 1 atom stereocenters. The Morgan fingerprint density at radius 2 is 1.84 bits per heavy atom. The third-order valence-corrected chi connectivity index (χ3v) is 3.23. The normalized spacial score (nSPS) is 12.5. The van der Waals surface area contributed by atoms with E-state index in [4.69, 9.17) is 5.73 Å². The van der Waals surface area contributed by atoms with Gasteiger partial charge in [0.15, 0.2) is 0 Å². The lowest BCUT2D eigenvalue weighted by Crippen LogP contribution is -2.13. The average molecular weight is 252 g/mol. The molecule has 3 rings (SSSR count). The lowest BCUT2D eigenvalue weighted by molar-refractivity contribution is 0.600. The fourth-order valence-corrected chi connectivity index (χ4v) is 2.18. The van der Waals surface area contributed by atoms with Crippen molar-refractivity contribution in [3.05, 3.63) is 77.7 Å². The lowest BCUT2D eigenvalue weighted by Gasteiger charge is -2.13. The summed E-state index contributed by atoms with van der Waals surface area (Å²) in [5.41, 5.74) is 8.36. The molecule has 1 unspecified atom stereocenters. The van der Waals surface area contributed by atoms with Crippen molar-refractivity contribution < 1.29 is 4.39 Å². The van der Waals surface area contributed by atoms with Gasteiger partial charge in [-0.2, -0.15) is 0 Å². The molecular formula is C16H13FN2. The maximum Gasteiger partial charge on any atom is 0.128 e. The van der Waals surface area contributed by atoms with Crippen molar-refractivity contribution in [1.82, 2.24) is 4.98 Å². The molecule has 1 aromatic heterocycles. The summed E-state index contributed by atoms with van der Waals surface area (Å²) >= 11 is 0. The maximum atomic E-state index is 13.7. The molecule has 3 aromatic rings. The van der Waals surface area contributed by atoms with Crippen LogP contribution in [0.5, 0.6) is 0 Å². The molecule has 2 aromatic carbocycles. The maximum absolute atomic E-state index is 13.7. The molecular weight excluding hydrogens is 239 g/mol. The molecule has 0 saturated heterocycles. The number of hydrogen-bond donors (Lipinski definition) is 1. The van der Waals surface area contributed by atoms with Gasteiger partial charge in [-0.3, -0.25) is 4.98 Å². The summed E-state index contributed by atoms with van der Waals surface area (Å²) in [7, 11) is 0. The highest BCUT2D eigenvalue weighted by atomic mass is 19.1. The quantitative estimate of drug-likeness (QED) is 0.759. The van der Waals surface area contributed by atoms with Crippen LogP contribution in [0.15, 0.2) is 60.8 Å². The second-order valence-electron chi connectivity index (χ2n) is 4.45. The van der Waals surface area contributed by atoms with Crippen LogP contribution in [0.4, 0.5) is 4.39 Å². The van der Waals surface area contributed by atoms with Crippen LogP contribution in [0.25, 0.3) is 10.9 Å². The predicted molar refractivity (Wildman–Crippen MR) is 74.2 cm³/mol. The van der Waals surface area contributed by atoms with Crippen LogP contribution in [-0.4, -0.2) is 4.98 Å². The second-order valence-corrected chi connectivity index (χ2v) is 4.45. The SMILES string of the molecule is NC(c1ccc2cccnc2c1)c1ccccc1F. The van der Waals surface area contributed by atoms with Crippen molar-refractivity contribution in [1.29, 1.82) is 0 Å². The number of rotatable bonds is 2. The minimum atomic E-state index is -0.479. The third-order valence-electron chi connectivity index (χ3n) is 3.23. The summed E-state index contributed by atoms with van der Waals surface area (Å²) in [6, 6.07) is 15.8. The topological polar surface area (TPSA) is 38.9 Å². The first kappa shape index (κ1) is 11.8. The number of nitrogens with two attached hydrogens (primary N) is 1. The van der Waals surface area contributed by atoms with Gasteiger partial charge in [0.05, 0.1) is 11.6 Å². The molecule has 3 heteroatoms. The van der Waals surface area contributed by atoms with Gasteiger partial charge in [0.1, 0.15) is 5.82 Å². The van der Waals surface area contributed by atoms with Gasteiger partial charge in [0, 0.05) is 17.1 Å². The molecule has 1 heterocycles. The summed E-state index contributed by atoms with van der Waals surface area (Å²) in [5.74, 6) is -0.281. The first-order valence-electron chi connectivity index (χ1n) is 6.10. The predicted octanol–water partition coefficient (Wildman–Crippen LogP) is 3.42. The van der Waals surface area contributed by atoms with Gasteiger partial charge in [-0.25, -0.2) is 4.39 Å². The van der Waals surface area contributed by atoms with E-state index in [1.807, 2.05) is 30.3 Å². The van der Waals surface area contributed by atoms with E-state index in [9.17, 15) is 4.39 Å². The summed E-state index contributed by atoms with van der Waals surface area (Å²) in [6.45, 7) is 0. The molecule has 0 bridgehead atoms. The van der Waals surface area contributed by atoms with Gasteiger partial charge in [-0.15, -0.1) is 0 Å². The zero-order chi connectivity index (χ0) is 13.2. The van der Waals surface area contributed by atoms with Gasteiger partial charge in [-0.05, 0) is 23.8 Å². The molecule has 0 amide bonds. The van der Waals surface area contributed by atoms with E-state index in [0.29, 0.717) is 5.56 Å². The molecule has 0 radical (unpaired) electrons. The van der Waals surface area contributed by atoms with Crippen LogP contribution >= 0.6 is 0 Å². The largest absolute Gasteiger partial charge is 0.320 e. The highest BCUT2D eigenvalue weighted by Crippen LogP contribution is 2.24. The number of halogens is 1. The summed E-state index contributed by atoms with van der Waals surface area (Å²) in [6.07, 6.45) is 1.74. The van der Waals surface area contributed by atoms with Gasteiger partial charge < -0.3 is 5.73 Å². The Morgan fingerprint density at radius 1 is 1.00 bits per heavy atom.